The number of anilines is 1. The number of benzene rings is 2. The molecule has 0 atom stereocenters. The molecule has 2 heterocycles. The summed E-state index contributed by atoms with van der Waals surface area (Å²) in [7, 11) is 0. The standard InChI is InChI=1S/C18H15N5O2/c1-11-4-2-6-13-16(11)19-10-23(18(13)25)9-15(24)21-14-7-3-5-12-8-20-22-17(12)14/h2-8,10H,9H2,1H3,(H,20,22)(H,21,24). The Kier molecular flexibility index (Phi) is 3.53. The van der Waals surface area contributed by atoms with E-state index in [1.54, 1.807) is 18.3 Å². The first-order valence-corrected chi connectivity index (χ1v) is 7.80. The van der Waals surface area contributed by atoms with Crippen molar-refractivity contribution in [3.05, 3.63) is 64.8 Å². The molecule has 124 valence electrons. The Morgan fingerprint density at radius 3 is 2.96 bits per heavy atom. The number of rotatable bonds is 3. The summed E-state index contributed by atoms with van der Waals surface area (Å²) in [4.78, 5) is 29.2. The molecule has 0 aliphatic carbocycles. The maximum absolute atomic E-state index is 12.6. The van der Waals surface area contributed by atoms with Crippen LogP contribution in [0.3, 0.4) is 0 Å². The fourth-order valence-electron chi connectivity index (χ4n) is 2.87. The molecule has 7 heteroatoms. The molecule has 4 aromatic rings. The molecule has 2 aromatic heterocycles. The number of para-hydroxylation sites is 2. The van der Waals surface area contributed by atoms with Crippen LogP contribution in [0.2, 0.25) is 0 Å². The van der Waals surface area contributed by atoms with Gasteiger partial charge in [-0.15, -0.1) is 0 Å². The van der Waals surface area contributed by atoms with Crippen molar-refractivity contribution in [1.29, 1.82) is 0 Å². The molecule has 0 aliphatic heterocycles. The van der Waals surface area contributed by atoms with Crippen molar-refractivity contribution in [2.45, 2.75) is 13.5 Å². The Morgan fingerprint density at radius 1 is 1.24 bits per heavy atom. The maximum atomic E-state index is 12.6. The third-order valence-electron chi connectivity index (χ3n) is 4.12. The molecule has 2 N–H and O–H groups in total. The van der Waals surface area contributed by atoms with E-state index < -0.39 is 0 Å². The van der Waals surface area contributed by atoms with E-state index in [0.29, 0.717) is 16.6 Å². The van der Waals surface area contributed by atoms with E-state index in [9.17, 15) is 9.59 Å². The zero-order valence-corrected chi connectivity index (χ0v) is 13.5. The first-order valence-electron chi connectivity index (χ1n) is 7.80. The van der Waals surface area contributed by atoms with E-state index in [1.165, 1.54) is 10.9 Å². The minimum atomic E-state index is -0.307. The summed E-state index contributed by atoms with van der Waals surface area (Å²) >= 11 is 0. The molecule has 0 fully saturated rings. The number of hydrogen-bond acceptors (Lipinski definition) is 4. The van der Waals surface area contributed by atoms with Gasteiger partial charge in [0.15, 0.2) is 0 Å². The number of amides is 1. The number of aryl methyl sites for hydroxylation is 1. The second-order valence-electron chi connectivity index (χ2n) is 5.84. The van der Waals surface area contributed by atoms with E-state index in [-0.39, 0.29) is 18.0 Å². The minimum absolute atomic E-state index is 0.111. The van der Waals surface area contributed by atoms with E-state index in [1.807, 2.05) is 31.2 Å². The second-order valence-corrected chi connectivity index (χ2v) is 5.84. The van der Waals surface area contributed by atoms with Gasteiger partial charge in [0.25, 0.3) is 5.56 Å². The lowest BCUT2D eigenvalue weighted by Gasteiger charge is -2.09. The average Bonchev–Trinajstić information content (AvgIpc) is 3.08. The van der Waals surface area contributed by atoms with Gasteiger partial charge in [-0.2, -0.15) is 5.10 Å². The third-order valence-corrected chi connectivity index (χ3v) is 4.12. The Hall–Kier alpha value is -3.48. The highest BCUT2D eigenvalue weighted by molar-refractivity contribution is 6.00. The molecule has 0 aliphatic rings. The van der Waals surface area contributed by atoms with Crippen LogP contribution in [0.25, 0.3) is 21.8 Å². The fourth-order valence-corrected chi connectivity index (χ4v) is 2.87. The number of H-pyrrole nitrogens is 1. The van der Waals surface area contributed by atoms with Gasteiger partial charge in [-0.05, 0) is 24.6 Å². The van der Waals surface area contributed by atoms with Crippen molar-refractivity contribution >= 4 is 33.4 Å². The molecule has 0 saturated carbocycles. The van der Waals surface area contributed by atoms with Gasteiger partial charge in [-0.3, -0.25) is 19.3 Å². The number of nitrogens with one attached hydrogen (secondary N) is 2. The van der Waals surface area contributed by atoms with Gasteiger partial charge in [0.2, 0.25) is 5.91 Å². The number of nitrogens with zero attached hydrogens (tertiary/aromatic N) is 3. The molecule has 25 heavy (non-hydrogen) atoms. The quantitative estimate of drug-likeness (QED) is 0.601. The summed E-state index contributed by atoms with van der Waals surface area (Å²) in [6.45, 7) is 1.79. The van der Waals surface area contributed by atoms with Gasteiger partial charge in [0.1, 0.15) is 6.54 Å². The van der Waals surface area contributed by atoms with Crippen LogP contribution in [-0.4, -0.2) is 25.7 Å². The van der Waals surface area contributed by atoms with Gasteiger partial charge in [0, 0.05) is 5.39 Å². The highest BCUT2D eigenvalue weighted by Crippen LogP contribution is 2.20. The number of fused-ring (bicyclic) bond motifs is 2. The molecular formula is C18H15N5O2. The van der Waals surface area contributed by atoms with Crippen LogP contribution in [0.4, 0.5) is 5.69 Å². The molecule has 0 bridgehead atoms. The Balaban J connectivity index is 1.63. The Morgan fingerprint density at radius 2 is 2.08 bits per heavy atom. The average molecular weight is 333 g/mol. The number of aromatic amines is 1. The molecule has 0 spiro atoms. The first-order chi connectivity index (χ1) is 12.1. The lowest BCUT2D eigenvalue weighted by atomic mass is 10.1. The van der Waals surface area contributed by atoms with Crippen LogP contribution >= 0.6 is 0 Å². The summed E-state index contributed by atoms with van der Waals surface area (Å²) in [5.74, 6) is -0.307. The topological polar surface area (TPSA) is 92.7 Å². The summed E-state index contributed by atoms with van der Waals surface area (Å²) in [6, 6.07) is 10.9. The smallest absolute Gasteiger partial charge is 0.261 e. The summed E-state index contributed by atoms with van der Waals surface area (Å²) in [6.07, 6.45) is 3.10. The normalized spacial score (nSPS) is 11.1. The lowest BCUT2D eigenvalue weighted by Crippen LogP contribution is -2.28. The van der Waals surface area contributed by atoms with Crippen LogP contribution in [0.5, 0.6) is 0 Å². The summed E-state index contributed by atoms with van der Waals surface area (Å²) in [5, 5.41) is 11.0. The van der Waals surface area contributed by atoms with E-state index >= 15 is 0 Å². The van der Waals surface area contributed by atoms with E-state index in [4.69, 9.17) is 0 Å². The molecule has 0 radical (unpaired) electrons. The van der Waals surface area contributed by atoms with Crippen LogP contribution in [0.1, 0.15) is 5.56 Å². The fraction of sp³-hybridized carbons (Fsp3) is 0.111. The van der Waals surface area contributed by atoms with E-state index in [2.05, 4.69) is 20.5 Å². The highest BCUT2D eigenvalue weighted by Gasteiger charge is 2.11. The molecule has 7 nitrogen and oxygen atoms in total. The van der Waals surface area contributed by atoms with Gasteiger partial charge >= 0.3 is 0 Å². The predicted octanol–water partition coefficient (Wildman–Crippen LogP) is 2.22. The van der Waals surface area contributed by atoms with Crippen molar-refractivity contribution in [2.24, 2.45) is 0 Å². The molecule has 0 unspecified atom stereocenters. The van der Waals surface area contributed by atoms with Gasteiger partial charge in [-0.25, -0.2) is 4.98 Å². The van der Waals surface area contributed by atoms with Crippen molar-refractivity contribution in [3.8, 4) is 0 Å². The predicted molar refractivity (Wildman–Crippen MR) is 95.5 cm³/mol. The Labute approximate surface area is 142 Å². The van der Waals surface area contributed by atoms with Crippen LogP contribution < -0.4 is 10.9 Å². The van der Waals surface area contributed by atoms with Crippen molar-refractivity contribution in [3.63, 3.8) is 0 Å². The number of carbonyl (C=O) groups is 1. The second kappa shape index (κ2) is 5.86. The lowest BCUT2D eigenvalue weighted by molar-refractivity contribution is -0.116. The zero-order valence-electron chi connectivity index (χ0n) is 13.5. The summed E-state index contributed by atoms with van der Waals surface area (Å²) in [5.41, 5.74) is 2.72. The molecule has 2 aromatic carbocycles. The molecular weight excluding hydrogens is 318 g/mol. The van der Waals surface area contributed by atoms with Gasteiger partial charge in [0.05, 0.1) is 34.6 Å². The maximum Gasteiger partial charge on any atom is 0.261 e. The monoisotopic (exact) mass is 333 g/mol. The Bertz CT molecular complexity index is 1160. The van der Waals surface area contributed by atoms with Gasteiger partial charge < -0.3 is 5.32 Å². The van der Waals surface area contributed by atoms with Crippen molar-refractivity contribution < 1.29 is 4.79 Å². The summed E-state index contributed by atoms with van der Waals surface area (Å²) < 4.78 is 1.31. The number of carbonyl (C=O) groups excluding carboxylic acids is 1. The largest absolute Gasteiger partial charge is 0.323 e. The van der Waals surface area contributed by atoms with Crippen molar-refractivity contribution in [2.75, 3.05) is 5.32 Å². The molecule has 1 amide bonds. The van der Waals surface area contributed by atoms with Crippen molar-refractivity contribution in [1.82, 2.24) is 19.7 Å². The highest BCUT2D eigenvalue weighted by atomic mass is 16.2. The number of aromatic nitrogens is 4. The third kappa shape index (κ3) is 2.65. The first kappa shape index (κ1) is 15.1. The molecule has 4 rings (SSSR count). The van der Waals surface area contributed by atoms with Gasteiger partial charge in [-0.1, -0.05) is 24.3 Å². The molecule has 0 saturated heterocycles. The SMILES string of the molecule is Cc1cccc2c(=O)n(CC(=O)Nc3cccc4cn[nH]c34)cnc12. The van der Waals surface area contributed by atoms with Crippen LogP contribution in [0.15, 0.2) is 53.7 Å². The van der Waals surface area contributed by atoms with Crippen LogP contribution in [-0.2, 0) is 11.3 Å². The minimum Gasteiger partial charge on any atom is -0.323 e. The van der Waals surface area contributed by atoms with Crippen LogP contribution in [0, 0.1) is 6.92 Å². The number of hydrogen-bond donors (Lipinski definition) is 2. The zero-order chi connectivity index (χ0) is 17.4. The van der Waals surface area contributed by atoms with E-state index in [0.717, 1.165) is 16.5 Å².